The molecule has 0 N–H and O–H groups in total. The monoisotopic (exact) mass is 303 g/mol. The van der Waals surface area contributed by atoms with Crippen LogP contribution in [0.2, 0.25) is 0 Å². The summed E-state index contributed by atoms with van der Waals surface area (Å²) < 4.78 is 1.55. The second-order valence-electron chi connectivity index (χ2n) is 5.34. The maximum atomic E-state index is 12.6. The highest BCUT2D eigenvalue weighted by Gasteiger charge is 2.32. The molecule has 110 valence electrons. The minimum Gasteiger partial charge on any atom is -0.334 e. The highest BCUT2D eigenvalue weighted by molar-refractivity contribution is 7.07. The molecule has 2 aromatic rings. The summed E-state index contributed by atoms with van der Waals surface area (Å²) in [5.74, 6) is 0.0120. The summed E-state index contributed by atoms with van der Waals surface area (Å²) in [6, 6.07) is 4.16. The highest BCUT2D eigenvalue weighted by atomic mass is 32.1. The normalized spacial score (nSPS) is 14.1. The smallest absolute Gasteiger partial charge is 0.307 e. The molecule has 0 bridgehead atoms. The molecule has 0 unspecified atom stereocenters. The number of nitrogens with zero attached hydrogens (tertiary/aromatic N) is 3. The Morgan fingerprint density at radius 2 is 2.14 bits per heavy atom. The van der Waals surface area contributed by atoms with Gasteiger partial charge in [0, 0.05) is 36.1 Å². The Bertz CT molecular complexity index is 688. The summed E-state index contributed by atoms with van der Waals surface area (Å²) in [4.78, 5) is 30.1. The van der Waals surface area contributed by atoms with Gasteiger partial charge in [0.1, 0.15) is 6.54 Å². The molecular weight excluding hydrogens is 286 g/mol. The predicted molar refractivity (Wildman–Crippen MR) is 81.1 cm³/mol. The van der Waals surface area contributed by atoms with Crippen LogP contribution in [0.5, 0.6) is 0 Å². The van der Waals surface area contributed by atoms with E-state index in [1.165, 1.54) is 0 Å². The second-order valence-corrected chi connectivity index (χ2v) is 6.16. The quantitative estimate of drug-likeness (QED) is 0.846. The van der Waals surface area contributed by atoms with Crippen molar-refractivity contribution in [1.82, 2.24) is 14.5 Å². The molecule has 3 rings (SSSR count). The molecule has 2 aromatic heterocycles. The summed E-state index contributed by atoms with van der Waals surface area (Å²) in [7, 11) is 0. The average Bonchev–Trinajstić information content (AvgIpc) is 3.28. The maximum Gasteiger partial charge on any atom is 0.307 e. The van der Waals surface area contributed by atoms with E-state index in [1.54, 1.807) is 22.3 Å². The van der Waals surface area contributed by atoms with E-state index in [0.29, 0.717) is 12.6 Å². The molecule has 1 saturated carbocycles. The van der Waals surface area contributed by atoms with Crippen molar-refractivity contribution in [2.45, 2.75) is 38.9 Å². The van der Waals surface area contributed by atoms with Gasteiger partial charge in [-0.05, 0) is 37.5 Å². The van der Waals surface area contributed by atoms with Gasteiger partial charge in [-0.25, -0.2) is 0 Å². The number of hydrogen-bond donors (Lipinski definition) is 0. The van der Waals surface area contributed by atoms with Gasteiger partial charge in [0.15, 0.2) is 0 Å². The molecule has 0 atom stereocenters. The SMILES string of the molecule is Cc1csc(=O)n1CC(=O)N(Cc1ccncc1)C1CC1. The first kappa shape index (κ1) is 14.0. The van der Waals surface area contributed by atoms with Crippen LogP contribution in [-0.4, -0.2) is 26.4 Å². The summed E-state index contributed by atoms with van der Waals surface area (Å²) in [5, 5.41) is 1.79. The van der Waals surface area contributed by atoms with Crippen molar-refractivity contribution in [1.29, 1.82) is 0 Å². The second kappa shape index (κ2) is 5.81. The molecule has 1 aliphatic rings. The summed E-state index contributed by atoms with van der Waals surface area (Å²) in [6.07, 6.45) is 5.57. The molecular formula is C15H17N3O2S. The van der Waals surface area contributed by atoms with Gasteiger partial charge >= 0.3 is 4.87 Å². The van der Waals surface area contributed by atoms with Gasteiger partial charge in [-0.2, -0.15) is 0 Å². The number of rotatable bonds is 5. The van der Waals surface area contributed by atoms with Crippen molar-refractivity contribution in [3.05, 3.63) is 50.8 Å². The van der Waals surface area contributed by atoms with Crippen molar-refractivity contribution in [3.8, 4) is 0 Å². The fraction of sp³-hybridized carbons (Fsp3) is 0.400. The van der Waals surface area contributed by atoms with Crippen molar-refractivity contribution in [2.75, 3.05) is 0 Å². The topological polar surface area (TPSA) is 55.2 Å². The van der Waals surface area contributed by atoms with Crippen LogP contribution in [0.1, 0.15) is 24.1 Å². The van der Waals surface area contributed by atoms with E-state index in [1.807, 2.05) is 24.0 Å². The molecule has 2 heterocycles. The lowest BCUT2D eigenvalue weighted by atomic mass is 10.2. The predicted octanol–water partition coefficient (Wildman–Crippen LogP) is 1.80. The molecule has 1 fully saturated rings. The Morgan fingerprint density at radius 1 is 1.43 bits per heavy atom. The van der Waals surface area contributed by atoms with Gasteiger partial charge in [0.05, 0.1) is 0 Å². The van der Waals surface area contributed by atoms with Crippen molar-refractivity contribution in [2.24, 2.45) is 0 Å². The molecule has 0 aliphatic heterocycles. The molecule has 0 radical (unpaired) electrons. The Hall–Kier alpha value is -1.95. The van der Waals surface area contributed by atoms with E-state index in [2.05, 4.69) is 4.98 Å². The maximum absolute atomic E-state index is 12.6. The fourth-order valence-electron chi connectivity index (χ4n) is 2.31. The zero-order valence-corrected chi connectivity index (χ0v) is 12.7. The standard InChI is InChI=1S/C15H17N3O2S/c1-11-10-21-15(20)17(11)9-14(19)18(13-2-3-13)8-12-4-6-16-7-5-12/h4-7,10,13H,2-3,8-9H2,1H3. The van der Waals surface area contributed by atoms with Gasteiger partial charge in [-0.1, -0.05) is 11.3 Å². The van der Waals surface area contributed by atoms with Crippen LogP contribution < -0.4 is 4.87 Å². The highest BCUT2D eigenvalue weighted by Crippen LogP contribution is 2.28. The van der Waals surface area contributed by atoms with E-state index >= 15 is 0 Å². The van der Waals surface area contributed by atoms with Crippen LogP contribution in [-0.2, 0) is 17.9 Å². The molecule has 1 amide bonds. The Kier molecular flexibility index (Phi) is 3.88. The Labute approximate surface area is 126 Å². The summed E-state index contributed by atoms with van der Waals surface area (Å²) >= 11 is 1.14. The Morgan fingerprint density at radius 3 is 2.71 bits per heavy atom. The lowest BCUT2D eigenvalue weighted by molar-refractivity contribution is -0.133. The van der Waals surface area contributed by atoms with Crippen LogP contribution in [0, 0.1) is 6.92 Å². The molecule has 5 nitrogen and oxygen atoms in total. The average molecular weight is 303 g/mol. The third kappa shape index (κ3) is 3.21. The van der Waals surface area contributed by atoms with Gasteiger partial charge in [0.25, 0.3) is 0 Å². The molecule has 6 heteroatoms. The number of amides is 1. The van der Waals surface area contributed by atoms with E-state index < -0.39 is 0 Å². The molecule has 0 aromatic carbocycles. The number of carbonyl (C=O) groups excluding carboxylic acids is 1. The van der Waals surface area contributed by atoms with Crippen LogP contribution in [0.15, 0.2) is 34.7 Å². The first-order valence-electron chi connectivity index (χ1n) is 6.98. The lowest BCUT2D eigenvalue weighted by Crippen LogP contribution is -2.37. The minimum absolute atomic E-state index is 0.0120. The van der Waals surface area contributed by atoms with Crippen LogP contribution >= 0.6 is 11.3 Å². The molecule has 21 heavy (non-hydrogen) atoms. The Balaban J connectivity index is 1.75. The fourth-order valence-corrected chi connectivity index (χ4v) is 3.05. The third-order valence-electron chi connectivity index (χ3n) is 3.68. The first-order chi connectivity index (χ1) is 10.1. The third-order valence-corrected chi connectivity index (χ3v) is 4.56. The molecule has 1 aliphatic carbocycles. The number of aryl methyl sites for hydroxylation is 1. The van der Waals surface area contributed by atoms with E-state index in [-0.39, 0.29) is 17.3 Å². The van der Waals surface area contributed by atoms with Gasteiger partial charge in [-0.3, -0.25) is 19.1 Å². The van der Waals surface area contributed by atoms with Crippen LogP contribution in [0.25, 0.3) is 0 Å². The number of carbonyl (C=O) groups is 1. The number of pyridine rings is 1. The summed E-state index contributed by atoms with van der Waals surface area (Å²) in [6.45, 7) is 2.58. The van der Waals surface area contributed by atoms with Gasteiger partial charge in [0.2, 0.25) is 5.91 Å². The zero-order chi connectivity index (χ0) is 14.8. The van der Waals surface area contributed by atoms with Crippen LogP contribution in [0.3, 0.4) is 0 Å². The molecule has 0 spiro atoms. The lowest BCUT2D eigenvalue weighted by Gasteiger charge is -2.23. The number of thiazole rings is 1. The largest absolute Gasteiger partial charge is 0.334 e. The van der Waals surface area contributed by atoms with Crippen LogP contribution in [0.4, 0.5) is 0 Å². The summed E-state index contributed by atoms with van der Waals surface area (Å²) in [5.41, 5.74) is 1.91. The molecule has 0 saturated heterocycles. The number of aromatic nitrogens is 2. The number of hydrogen-bond acceptors (Lipinski definition) is 4. The van der Waals surface area contributed by atoms with Crippen molar-refractivity contribution >= 4 is 17.2 Å². The van der Waals surface area contributed by atoms with E-state index in [0.717, 1.165) is 35.4 Å². The van der Waals surface area contributed by atoms with E-state index in [9.17, 15) is 9.59 Å². The van der Waals surface area contributed by atoms with Crippen molar-refractivity contribution in [3.63, 3.8) is 0 Å². The van der Waals surface area contributed by atoms with E-state index in [4.69, 9.17) is 0 Å². The minimum atomic E-state index is -0.0690. The van der Waals surface area contributed by atoms with Gasteiger partial charge < -0.3 is 4.90 Å². The zero-order valence-electron chi connectivity index (χ0n) is 11.9. The van der Waals surface area contributed by atoms with Crippen molar-refractivity contribution < 1.29 is 4.79 Å². The first-order valence-corrected chi connectivity index (χ1v) is 7.86. The van der Waals surface area contributed by atoms with Gasteiger partial charge in [-0.15, -0.1) is 0 Å².